The van der Waals surface area contributed by atoms with Crippen LogP contribution in [0.4, 0.5) is 0 Å². The highest BCUT2D eigenvalue weighted by Gasteiger charge is 2.47. The average molecular weight is 673 g/mol. The predicted molar refractivity (Wildman–Crippen MR) is 186 cm³/mol. The molecule has 1 aromatic heterocycles. The maximum atomic E-state index is 11.2. The number of phenolic OH excluding ortho intramolecular Hbond substituents is 5. The van der Waals surface area contributed by atoms with Gasteiger partial charge in [0.2, 0.25) is 23.0 Å². The van der Waals surface area contributed by atoms with Gasteiger partial charge in [0.25, 0.3) is 0 Å². The van der Waals surface area contributed by atoms with Crippen LogP contribution < -0.4 is 0 Å². The van der Waals surface area contributed by atoms with E-state index in [9.17, 15) is 51.1 Å². The van der Waals surface area contributed by atoms with Crippen molar-refractivity contribution in [2.45, 2.75) is 18.4 Å². The number of aromatic hydroxyl groups is 5. The van der Waals surface area contributed by atoms with Gasteiger partial charge in [0.05, 0.1) is 11.5 Å². The topological polar surface area (TPSA) is 215 Å². The van der Waals surface area contributed by atoms with Crippen molar-refractivity contribution in [3.05, 3.63) is 114 Å². The summed E-state index contributed by atoms with van der Waals surface area (Å²) in [7, 11) is 0. The molecule has 0 amide bonds. The van der Waals surface area contributed by atoms with Crippen LogP contribution in [-0.2, 0) is 0 Å². The van der Waals surface area contributed by atoms with Crippen molar-refractivity contribution in [3.63, 3.8) is 0 Å². The number of phenols is 5. The summed E-state index contributed by atoms with van der Waals surface area (Å²) in [4.78, 5) is 0. The van der Waals surface area contributed by atoms with E-state index >= 15 is 0 Å². The number of aliphatic hydroxyl groups is 5. The molecule has 10 N–H and O–H groups in total. The SMILES string of the molecule is CC1(O)C(O)=C(O)C(O)=C(O)C1c1ccc2oc3ccc(-c4c5ccccc5c(-c5c(O)c(O)c(O)c(O)c5O)c5ccccc45)cc3c2c1. The Kier molecular flexibility index (Phi) is 6.36. The van der Waals surface area contributed by atoms with Gasteiger partial charge in [-0.15, -0.1) is 0 Å². The van der Waals surface area contributed by atoms with E-state index in [0.717, 1.165) is 11.1 Å². The minimum Gasteiger partial charge on any atom is -0.508 e. The van der Waals surface area contributed by atoms with Crippen LogP contribution in [0.1, 0.15) is 18.4 Å². The fraction of sp³-hybridized carbons (Fsp3) is 0.0769. The number of aliphatic hydroxyl groups excluding tert-OH is 4. The minimum atomic E-state index is -2.16. The molecule has 1 aliphatic rings. The van der Waals surface area contributed by atoms with E-state index in [1.165, 1.54) is 6.92 Å². The summed E-state index contributed by atoms with van der Waals surface area (Å²) in [6.45, 7) is 1.21. The molecule has 11 nitrogen and oxygen atoms in total. The Morgan fingerprint density at radius 2 is 0.980 bits per heavy atom. The first-order valence-corrected chi connectivity index (χ1v) is 15.4. The van der Waals surface area contributed by atoms with E-state index in [1.807, 2.05) is 36.4 Å². The molecule has 0 bridgehead atoms. The van der Waals surface area contributed by atoms with Gasteiger partial charge in [-0.3, -0.25) is 0 Å². The van der Waals surface area contributed by atoms with Crippen molar-refractivity contribution in [1.82, 2.24) is 0 Å². The molecule has 6 aromatic carbocycles. The lowest BCUT2D eigenvalue weighted by Gasteiger charge is -2.35. The Labute approximate surface area is 281 Å². The fourth-order valence-electron chi connectivity index (χ4n) is 7.26. The normalized spacial score (nSPS) is 18.2. The molecule has 0 aliphatic heterocycles. The highest BCUT2D eigenvalue weighted by atomic mass is 16.4. The van der Waals surface area contributed by atoms with Crippen LogP contribution in [0.15, 0.2) is 112 Å². The lowest BCUT2D eigenvalue weighted by molar-refractivity contribution is 0.00682. The summed E-state index contributed by atoms with van der Waals surface area (Å²) in [5.74, 6) is -9.55. The number of hydrogen-bond acceptors (Lipinski definition) is 11. The third kappa shape index (κ3) is 4.01. The van der Waals surface area contributed by atoms with Crippen molar-refractivity contribution >= 4 is 43.5 Å². The molecule has 2 atom stereocenters. The second kappa shape index (κ2) is 10.4. The van der Waals surface area contributed by atoms with Gasteiger partial charge in [-0.2, -0.15) is 0 Å². The Morgan fingerprint density at radius 1 is 0.500 bits per heavy atom. The first-order chi connectivity index (χ1) is 23.8. The van der Waals surface area contributed by atoms with Crippen LogP contribution in [0, 0.1) is 0 Å². The molecule has 11 heteroatoms. The fourth-order valence-corrected chi connectivity index (χ4v) is 7.26. The van der Waals surface area contributed by atoms with Crippen molar-refractivity contribution < 1.29 is 55.5 Å². The predicted octanol–water partition coefficient (Wildman–Crippen LogP) is 8.26. The lowest BCUT2D eigenvalue weighted by atomic mass is 9.76. The molecule has 0 spiro atoms. The monoisotopic (exact) mass is 672 g/mol. The van der Waals surface area contributed by atoms with Crippen LogP contribution in [0.25, 0.3) is 65.7 Å². The van der Waals surface area contributed by atoms with E-state index < -0.39 is 63.3 Å². The van der Waals surface area contributed by atoms with E-state index in [1.54, 1.807) is 48.5 Å². The molecule has 0 saturated heterocycles. The van der Waals surface area contributed by atoms with Gasteiger partial charge in [0.1, 0.15) is 22.5 Å². The molecule has 0 radical (unpaired) electrons. The molecule has 250 valence electrons. The summed E-state index contributed by atoms with van der Waals surface area (Å²) < 4.78 is 6.13. The summed E-state index contributed by atoms with van der Waals surface area (Å²) in [5, 5.41) is 109. The standard InChI is InChI=1S/C39H28O11/c1-39(49)29(32(42)35(45)37(47)38(39)48)17-11-13-25-23(15-17)22-14-16(10-12-24(22)50-25)26-18-6-2-4-8-20(18)27(21-9-5-3-7-19(21)26)28-30(40)33(43)36(46)34(44)31(28)41/h2-15,29,40-49H,1H3. The van der Waals surface area contributed by atoms with Crippen LogP contribution in [0.5, 0.6) is 28.7 Å². The number of benzene rings is 6. The van der Waals surface area contributed by atoms with E-state index in [2.05, 4.69) is 0 Å². The van der Waals surface area contributed by atoms with Crippen LogP contribution in [0.3, 0.4) is 0 Å². The third-order valence-corrected chi connectivity index (χ3v) is 9.67. The van der Waals surface area contributed by atoms with Gasteiger partial charge < -0.3 is 55.5 Å². The smallest absolute Gasteiger partial charge is 0.208 e. The van der Waals surface area contributed by atoms with Gasteiger partial charge in [0.15, 0.2) is 23.0 Å². The number of rotatable bonds is 3. The average Bonchev–Trinajstić information content (AvgIpc) is 3.48. The van der Waals surface area contributed by atoms with Gasteiger partial charge in [-0.05, 0) is 69.4 Å². The summed E-state index contributed by atoms with van der Waals surface area (Å²) >= 11 is 0. The highest BCUT2D eigenvalue weighted by molar-refractivity contribution is 6.23. The van der Waals surface area contributed by atoms with Crippen molar-refractivity contribution in [2.24, 2.45) is 0 Å². The van der Waals surface area contributed by atoms with E-state index in [-0.39, 0.29) is 5.56 Å². The van der Waals surface area contributed by atoms with Gasteiger partial charge in [-0.25, -0.2) is 0 Å². The van der Waals surface area contributed by atoms with Gasteiger partial charge >= 0.3 is 0 Å². The molecule has 0 fully saturated rings. The maximum absolute atomic E-state index is 11.2. The summed E-state index contributed by atoms with van der Waals surface area (Å²) in [6.07, 6.45) is 0. The Morgan fingerprint density at radius 3 is 1.54 bits per heavy atom. The molecule has 0 saturated carbocycles. The highest BCUT2D eigenvalue weighted by Crippen LogP contribution is 2.58. The first kappa shape index (κ1) is 30.6. The second-order valence-electron chi connectivity index (χ2n) is 12.5. The zero-order valence-corrected chi connectivity index (χ0v) is 26.0. The quantitative estimate of drug-likeness (QED) is 0.0490. The van der Waals surface area contributed by atoms with Crippen molar-refractivity contribution in [3.8, 4) is 51.0 Å². The van der Waals surface area contributed by atoms with Crippen LogP contribution >= 0.6 is 0 Å². The zero-order valence-electron chi connectivity index (χ0n) is 26.0. The molecular weight excluding hydrogens is 644 g/mol. The Hall–Kier alpha value is -6.72. The van der Waals surface area contributed by atoms with E-state index in [4.69, 9.17) is 4.42 Å². The van der Waals surface area contributed by atoms with E-state index in [0.29, 0.717) is 54.6 Å². The molecule has 2 unspecified atom stereocenters. The molecule has 1 heterocycles. The summed E-state index contributed by atoms with van der Waals surface area (Å²) in [6, 6.07) is 24.9. The number of hydrogen-bond donors (Lipinski definition) is 10. The number of furan rings is 1. The van der Waals surface area contributed by atoms with Gasteiger partial charge in [-0.1, -0.05) is 60.7 Å². The van der Waals surface area contributed by atoms with Crippen molar-refractivity contribution in [1.29, 1.82) is 0 Å². The number of fused-ring (bicyclic) bond motifs is 5. The molecule has 50 heavy (non-hydrogen) atoms. The molecule has 8 rings (SSSR count). The maximum Gasteiger partial charge on any atom is 0.208 e. The van der Waals surface area contributed by atoms with Crippen LogP contribution in [0.2, 0.25) is 0 Å². The summed E-state index contributed by atoms with van der Waals surface area (Å²) in [5.41, 5.74) is 0.709. The Balaban J connectivity index is 1.40. The largest absolute Gasteiger partial charge is 0.508 e. The van der Waals surface area contributed by atoms with Gasteiger partial charge in [0, 0.05) is 16.3 Å². The van der Waals surface area contributed by atoms with Crippen LogP contribution in [-0.4, -0.2) is 56.7 Å². The molecule has 7 aromatic rings. The zero-order chi connectivity index (χ0) is 35.4. The third-order valence-electron chi connectivity index (χ3n) is 9.67. The minimum absolute atomic E-state index is 0.267. The van der Waals surface area contributed by atoms with Crippen molar-refractivity contribution in [2.75, 3.05) is 0 Å². The lowest BCUT2D eigenvalue weighted by Crippen LogP contribution is -2.40. The first-order valence-electron chi connectivity index (χ1n) is 15.4. The Bertz CT molecular complexity index is 2590. The second-order valence-corrected chi connectivity index (χ2v) is 12.5. The molecular formula is C39H28O11. The molecule has 1 aliphatic carbocycles.